The van der Waals surface area contributed by atoms with Gasteiger partial charge >= 0.3 is 0 Å². The number of nitrogens with one attached hydrogen (secondary N) is 1. The normalized spacial score (nSPS) is 11.3. The Morgan fingerprint density at radius 2 is 1.70 bits per heavy atom. The molecule has 0 aliphatic heterocycles. The van der Waals surface area contributed by atoms with E-state index in [4.69, 9.17) is 9.72 Å². The van der Waals surface area contributed by atoms with E-state index < -0.39 is 0 Å². The van der Waals surface area contributed by atoms with Gasteiger partial charge < -0.3 is 10.1 Å². The summed E-state index contributed by atoms with van der Waals surface area (Å²) in [6, 6.07) is 19.0. The van der Waals surface area contributed by atoms with Crippen molar-refractivity contribution >= 4 is 59.1 Å². The second-order valence-corrected chi connectivity index (χ2v) is 10.2. The maximum absolute atomic E-state index is 5.86. The summed E-state index contributed by atoms with van der Waals surface area (Å²) in [5, 5.41) is 4.54. The highest BCUT2D eigenvalue weighted by molar-refractivity contribution is 9.11. The van der Waals surface area contributed by atoms with Crippen molar-refractivity contribution < 1.29 is 4.74 Å². The molecule has 0 spiro atoms. The number of aryl methyl sites for hydroxylation is 1. The molecular weight excluding hydrogens is 524 g/mol. The molecule has 0 saturated heterocycles. The first-order valence-corrected chi connectivity index (χ1v) is 12.2. The van der Waals surface area contributed by atoms with Crippen molar-refractivity contribution in [3.8, 4) is 16.3 Å². The van der Waals surface area contributed by atoms with Crippen LogP contribution in [0.5, 0.6) is 5.75 Å². The van der Waals surface area contributed by atoms with Crippen molar-refractivity contribution in [2.75, 3.05) is 5.32 Å². The van der Waals surface area contributed by atoms with Crippen LogP contribution in [0.1, 0.15) is 25.0 Å². The molecule has 0 amide bonds. The molecule has 6 heteroatoms. The van der Waals surface area contributed by atoms with Crippen molar-refractivity contribution in [2.24, 2.45) is 0 Å². The van der Waals surface area contributed by atoms with E-state index in [-0.39, 0.29) is 6.10 Å². The maximum Gasteiger partial charge on any atom is 0.148 e. The minimum Gasteiger partial charge on any atom is -0.489 e. The molecule has 0 saturated carbocycles. The predicted molar refractivity (Wildman–Crippen MR) is 135 cm³/mol. The molecule has 0 aliphatic rings. The van der Waals surface area contributed by atoms with Crippen LogP contribution in [0.15, 0.2) is 63.5 Å². The monoisotopic (exact) mass is 544 g/mol. The summed E-state index contributed by atoms with van der Waals surface area (Å²) in [6.45, 7) is 6.88. The molecule has 154 valence electrons. The van der Waals surface area contributed by atoms with Crippen LogP contribution in [0.4, 0.5) is 5.69 Å². The summed E-state index contributed by atoms with van der Waals surface area (Å²) in [4.78, 5) is 4.77. The van der Waals surface area contributed by atoms with Gasteiger partial charge in [-0.2, -0.15) is 0 Å². The number of benzene rings is 3. The Balaban J connectivity index is 1.46. The van der Waals surface area contributed by atoms with Crippen LogP contribution in [0, 0.1) is 6.92 Å². The van der Waals surface area contributed by atoms with E-state index in [9.17, 15) is 0 Å². The topological polar surface area (TPSA) is 34.2 Å². The maximum atomic E-state index is 5.86. The Morgan fingerprint density at radius 3 is 2.37 bits per heavy atom. The number of halogens is 2. The first-order chi connectivity index (χ1) is 14.4. The number of hydrogen-bond acceptors (Lipinski definition) is 4. The van der Waals surface area contributed by atoms with E-state index >= 15 is 0 Å². The minimum absolute atomic E-state index is 0.125. The fraction of sp³-hybridized carbons (Fsp3) is 0.208. The molecule has 3 nitrogen and oxygen atoms in total. The lowest BCUT2D eigenvalue weighted by atomic mass is 10.2. The Bertz CT molecular complexity index is 1160. The molecule has 1 heterocycles. The Labute approximate surface area is 197 Å². The largest absolute Gasteiger partial charge is 0.489 e. The molecule has 0 radical (unpaired) electrons. The van der Waals surface area contributed by atoms with E-state index in [0.29, 0.717) is 0 Å². The van der Waals surface area contributed by atoms with Crippen LogP contribution in [0.25, 0.3) is 20.8 Å². The molecule has 0 atom stereocenters. The Kier molecular flexibility index (Phi) is 6.46. The zero-order valence-electron chi connectivity index (χ0n) is 17.0. The lowest BCUT2D eigenvalue weighted by molar-refractivity contribution is 0.239. The van der Waals surface area contributed by atoms with Gasteiger partial charge in [-0.05, 0) is 112 Å². The highest BCUT2D eigenvalue weighted by Gasteiger charge is 2.11. The van der Waals surface area contributed by atoms with Gasteiger partial charge in [0.05, 0.1) is 25.3 Å². The van der Waals surface area contributed by atoms with Crippen LogP contribution in [0.2, 0.25) is 0 Å². The molecule has 3 aromatic carbocycles. The molecule has 0 unspecified atom stereocenters. The summed E-state index contributed by atoms with van der Waals surface area (Å²) in [6.07, 6.45) is 0.125. The summed E-state index contributed by atoms with van der Waals surface area (Å²) < 4.78 is 8.98. The van der Waals surface area contributed by atoms with E-state index in [1.54, 1.807) is 11.3 Å². The molecule has 0 fully saturated rings. The summed E-state index contributed by atoms with van der Waals surface area (Å²) in [5.41, 5.74) is 5.70. The molecule has 1 aromatic heterocycles. The van der Waals surface area contributed by atoms with Gasteiger partial charge in [0.15, 0.2) is 0 Å². The Morgan fingerprint density at radius 1 is 1.00 bits per heavy atom. The first-order valence-electron chi connectivity index (χ1n) is 9.75. The van der Waals surface area contributed by atoms with Crippen LogP contribution < -0.4 is 10.1 Å². The van der Waals surface area contributed by atoms with Gasteiger partial charge in [-0.1, -0.05) is 6.07 Å². The molecule has 30 heavy (non-hydrogen) atoms. The van der Waals surface area contributed by atoms with Gasteiger partial charge in [0, 0.05) is 17.8 Å². The zero-order chi connectivity index (χ0) is 21.3. The fourth-order valence-electron chi connectivity index (χ4n) is 3.15. The van der Waals surface area contributed by atoms with Gasteiger partial charge in [0.2, 0.25) is 0 Å². The van der Waals surface area contributed by atoms with Gasteiger partial charge in [0.1, 0.15) is 10.8 Å². The lowest BCUT2D eigenvalue weighted by Gasteiger charge is -2.15. The third kappa shape index (κ3) is 4.88. The van der Waals surface area contributed by atoms with Crippen molar-refractivity contribution in [2.45, 2.75) is 33.4 Å². The van der Waals surface area contributed by atoms with Crippen molar-refractivity contribution in [1.82, 2.24) is 4.98 Å². The number of nitrogens with zero attached hydrogens (tertiary/aromatic N) is 1. The first kappa shape index (κ1) is 21.3. The predicted octanol–water partition coefficient (Wildman–Crippen LogP) is 8.20. The molecule has 1 N–H and O–H groups in total. The Hall–Kier alpha value is -1.89. The lowest BCUT2D eigenvalue weighted by Crippen LogP contribution is -2.07. The number of rotatable bonds is 6. The molecule has 0 aliphatic carbocycles. The fourth-order valence-corrected chi connectivity index (χ4v) is 5.69. The van der Waals surface area contributed by atoms with Gasteiger partial charge in [-0.25, -0.2) is 4.98 Å². The second kappa shape index (κ2) is 9.08. The molecule has 0 bridgehead atoms. The number of anilines is 1. The van der Waals surface area contributed by atoms with Gasteiger partial charge in [0.25, 0.3) is 0 Å². The number of aromatic nitrogens is 1. The molecule has 4 rings (SSSR count). The highest BCUT2D eigenvalue weighted by atomic mass is 79.9. The van der Waals surface area contributed by atoms with E-state index in [1.807, 2.05) is 13.8 Å². The summed E-state index contributed by atoms with van der Waals surface area (Å²) >= 11 is 8.97. The number of hydrogen-bond donors (Lipinski definition) is 1. The van der Waals surface area contributed by atoms with E-state index in [1.165, 1.54) is 10.3 Å². The summed E-state index contributed by atoms with van der Waals surface area (Å²) in [5.74, 6) is 0.837. The zero-order valence-corrected chi connectivity index (χ0v) is 21.0. The standard InChI is InChI=1S/C24H22Br2N2OS/c1-14(2)29-23-19(25)11-16(12-20(23)26)13-27-18-7-5-17(6-8-18)24-28-21-9-4-15(3)10-22(21)30-24/h4-12,14,27H,13H2,1-3H3. The molecular formula is C24H22Br2N2OS. The molecule has 4 aromatic rings. The SMILES string of the molecule is Cc1ccc2nc(-c3ccc(NCc4cc(Br)c(OC(C)C)c(Br)c4)cc3)sc2c1. The average Bonchev–Trinajstić information content (AvgIpc) is 3.12. The quantitative estimate of drug-likeness (QED) is 0.265. The van der Waals surface area contributed by atoms with Gasteiger partial charge in [-0.3, -0.25) is 0 Å². The van der Waals surface area contributed by atoms with Gasteiger partial charge in [-0.15, -0.1) is 11.3 Å². The second-order valence-electron chi connectivity index (χ2n) is 7.48. The van der Waals surface area contributed by atoms with Crippen LogP contribution >= 0.6 is 43.2 Å². The van der Waals surface area contributed by atoms with Crippen molar-refractivity contribution in [1.29, 1.82) is 0 Å². The van der Waals surface area contributed by atoms with E-state index in [2.05, 4.69) is 98.7 Å². The third-order valence-electron chi connectivity index (χ3n) is 4.58. The highest BCUT2D eigenvalue weighted by Crippen LogP contribution is 2.36. The van der Waals surface area contributed by atoms with E-state index in [0.717, 1.165) is 48.6 Å². The summed E-state index contributed by atoms with van der Waals surface area (Å²) in [7, 11) is 0. The number of fused-ring (bicyclic) bond motifs is 1. The van der Waals surface area contributed by atoms with Crippen molar-refractivity contribution in [3.63, 3.8) is 0 Å². The van der Waals surface area contributed by atoms with Crippen LogP contribution in [-0.2, 0) is 6.54 Å². The smallest absolute Gasteiger partial charge is 0.148 e. The minimum atomic E-state index is 0.125. The number of thiazole rings is 1. The van der Waals surface area contributed by atoms with Crippen LogP contribution in [-0.4, -0.2) is 11.1 Å². The average molecular weight is 546 g/mol. The van der Waals surface area contributed by atoms with Crippen LogP contribution in [0.3, 0.4) is 0 Å². The number of ether oxygens (including phenoxy) is 1. The van der Waals surface area contributed by atoms with Crippen molar-refractivity contribution in [3.05, 3.63) is 74.7 Å². The third-order valence-corrected chi connectivity index (χ3v) is 6.83.